The first-order valence-corrected chi connectivity index (χ1v) is 10.4. The minimum absolute atomic E-state index is 0.0270. The van der Waals surface area contributed by atoms with Gasteiger partial charge in [0.25, 0.3) is 5.56 Å². The Balaban J connectivity index is 1.67. The van der Waals surface area contributed by atoms with E-state index in [9.17, 15) is 9.59 Å². The highest BCUT2D eigenvalue weighted by molar-refractivity contribution is 7.99. The number of aromatic nitrogens is 2. The molecule has 0 aliphatic carbocycles. The molecule has 1 N–H and O–H groups in total. The largest absolute Gasteiger partial charge is 0.495 e. The van der Waals surface area contributed by atoms with Gasteiger partial charge >= 0.3 is 0 Å². The number of benzene rings is 2. The molecule has 0 spiro atoms. The number of hydrogen-bond acceptors (Lipinski definition) is 6. The van der Waals surface area contributed by atoms with Crippen molar-refractivity contribution in [1.82, 2.24) is 9.55 Å². The van der Waals surface area contributed by atoms with Crippen LogP contribution in [0.4, 0.5) is 5.69 Å². The molecule has 0 aliphatic heterocycles. The fraction of sp³-hybridized carbons (Fsp3) is 0.190. The van der Waals surface area contributed by atoms with E-state index in [1.54, 1.807) is 48.7 Å². The first-order valence-electron chi connectivity index (χ1n) is 9.09. The number of amides is 1. The molecule has 1 amide bonds. The van der Waals surface area contributed by atoms with Crippen LogP contribution in [0.15, 0.2) is 64.7 Å². The number of nitrogens with one attached hydrogen (secondary N) is 1. The molecule has 9 heteroatoms. The highest BCUT2D eigenvalue weighted by Crippen LogP contribution is 2.27. The molecular weight excluding hydrogens is 426 g/mol. The van der Waals surface area contributed by atoms with Crippen molar-refractivity contribution in [2.45, 2.75) is 11.9 Å². The molecule has 2 aromatic carbocycles. The van der Waals surface area contributed by atoms with E-state index in [-0.39, 0.29) is 22.2 Å². The Morgan fingerprint density at radius 3 is 2.67 bits per heavy atom. The van der Waals surface area contributed by atoms with E-state index in [2.05, 4.69) is 10.3 Å². The molecule has 0 atom stereocenters. The number of thioether (sulfide) groups is 1. The Labute approximate surface area is 183 Å². The lowest BCUT2D eigenvalue weighted by molar-refractivity contribution is -0.113. The molecule has 0 unspecified atom stereocenters. The third-order valence-electron chi connectivity index (χ3n) is 4.01. The molecule has 3 rings (SSSR count). The fourth-order valence-corrected chi connectivity index (χ4v) is 3.60. The summed E-state index contributed by atoms with van der Waals surface area (Å²) >= 11 is 7.13. The highest BCUT2D eigenvalue weighted by Gasteiger charge is 2.11. The molecule has 156 valence electrons. The number of ether oxygens (including phenoxy) is 2. The van der Waals surface area contributed by atoms with Crippen LogP contribution in [0.5, 0.6) is 11.5 Å². The minimum atomic E-state index is -0.299. The maximum absolute atomic E-state index is 12.8. The van der Waals surface area contributed by atoms with E-state index in [0.29, 0.717) is 28.8 Å². The van der Waals surface area contributed by atoms with Gasteiger partial charge in [0.2, 0.25) is 5.91 Å². The van der Waals surface area contributed by atoms with Crippen LogP contribution in [0, 0.1) is 0 Å². The summed E-state index contributed by atoms with van der Waals surface area (Å²) in [5.41, 5.74) is 0.927. The predicted molar refractivity (Wildman–Crippen MR) is 118 cm³/mol. The average Bonchev–Trinajstić information content (AvgIpc) is 2.74. The number of rotatable bonds is 8. The van der Waals surface area contributed by atoms with Crippen LogP contribution >= 0.6 is 23.4 Å². The second-order valence-corrected chi connectivity index (χ2v) is 7.39. The van der Waals surface area contributed by atoms with Gasteiger partial charge < -0.3 is 14.8 Å². The van der Waals surface area contributed by atoms with Gasteiger partial charge in [-0.05, 0) is 49.4 Å². The summed E-state index contributed by atoms with van der Waals surface area (Å²) in [4.78, 5) is 29.1. The standard InChI is InChI=1S/C21H20ClN3O4S/c1-3-29-16-7-5-15(6-8-16)25-11-10-23-20(21(25)27)30-13-19(26)24-14-4-9-18(28-2)17(22)12-14/h4-12H,3,13H2,1-2H3,(H,24,26). The molecule has 7 nitrogen and oxygen atoms in total. The smallest absolute Gasteiger partial charge is 0.287 e. The lowest BCUT2D eigenvalue weighted by Crippen LogP contribution is -2.22. The molecule has 3 aromatic rings. The van der Waals surface area contributed by atoms with Gasteiger partial charge in [-0.3, -0.25) is 14.2 Å². The summed E-state index contributed by atoms with van der Waals surface area (Å²) in [5, 5.41) is 3.36. The maximum atomic E-state index is 12.8. The van der Waals surface area contributed by atoms with Crippen LogP contribution in [0.3, 0.4) is 0 Å². The second-order valence-electron chi connectivity index (χ2n) is 6.02. The van der Waals surface area contributed by atoms with Crippen molar-refractivity contribution >= 4 is 35.0 Å². The SMILES string of the molecule is CCOc1ccc(-n2ccnc(SCC(=O)Nc3ccc(OC)c(Cl)c3)c2=O)cc1. The molecular formula is C21H20ClN3O4S. The van der Waals surface area contributed by atoms with Gasteiger partial charge in [0, 0.05) is 23.8 Å². The molecule has 0 saturated carbocycles. The number of methoxy groups -OCH3 is 1. The number of halogens is 1. The lowest BCUT2D eigenvalue weighted by atomic mass is 10.3. The van der Waals surface area contributed by atoms with E-state index < -0.39 is 0 Å². The average molecular weight is 446 g/mol. The maximum Gasteiger partial charge on any atom is 0.287 e. The van der Waals surface area contributed by atoms with Crippen molar-refractivity contribution in [1.29, 1.82) is 0 Å². The molecule has 0 bridgehead atoms. The zero-order valence-electron chi connectivity index (χ0n) is 16.4. The van der Waals surface area contributed by atoms with E-state index in [0.717, 1.165) is 17.5 Å². The monoisotopic (exact) mass is 445 g/mol. The summed E-state index contributed by atoms with van der Waals surface area (Å²) in [6.45, 7) is 2.48. The quantitative estimate of drug-likeness (QED) is 0.527. The zero-order chi connectivity index (χ0) is 21.5. The number of hydrogen-bond donors (Lipinski definition) is 1. The lowest BCUT2D eigenvalue weighted by Gasteiger charge is -2.09. The van der Waals surface area contributed by atoms with Crippen molar-refractivity contribution in [2.24, 2.45) is 0 Å². The van der Waals surface area contributed by atoms with Crippen molar-refractivity contribution in [3.8, 4) is 17.2 Å². The summed E-state index contributed by atoms with van der Waals surface area (Å²) < 4.78 is 12.0. The summed E-state index contributed by atoms with van der Waals surface area (Å²) in [7, 11) is 1.52. The number of carbonyl (C=O) groups excluding carboxylic acids is 1. The third kappa shape index (κ3) is 5.34. The van der Waals surface area contributed by atoms with Crippen LogP contribution in [0.1, 0.15) is 6.92 Å². The molecule has 0 saturated heterocycles. The molecule has 0 radical (unpaired) electrons. The van der Waals surface area contributed by atoms with Gasteiger partial charge in [0.1, 0.15) is 11.5 Å². The molecule has 0 aliphatic rings. The molecule has 0 fully saturated rings. The van der Waals surface area contributed by atoms with Gasteiger partial charge in [0.15, 0.2) is 5.03 Å². The van der Waals surface area contributed by atoms with E-state index in [4.69, 9.17) is 21.1 Å². The van der Waals surface area contributed by atoms with Crippen LogP contribution in [0.2, 0.25) is 5.02 Å². The van der Waals surface area contributed by atoms with Gasteiger partial charge in [-0.25, -0.2) is 4.98 Å². The van der Waals surface area contributed by atoms with E-state index >= 15 is 0 Å². The summed E-state index contributed by atoms with van der Waals surface area (Å²) in [6, 6.07) is 12.1. The Kier molecular flexibility index (Phi) is 7.37. The number of anilines is 1. The van der Waals surface area contributed by atoms with Crippen molar-refractivity contribution in [2.75, 3.05) is 24.8 Å². The Morgan fingerprint density at radius 1 is 1.23 bits per heavy atom. The van der Waals surface area contributed by atoms with Gasteiger partial charge in [-0.1, -0.05) is 23.4 Å². The Hall–Kier alpha value is -2.97. The highest BCUT2D eigenvalue weighted by atomic mass is 35.5. The van der Waals surface area contributed by atoms with Crippen LogP contribution < -0.4 is 20.3 Å². The van der Waals surface area contributed by atoms with Gasteiger partial charge in [0.05, 0.1) is 24.5 Å². The molecule has 1 aromatic heterocycles. The fourth-order valence-electron chi connectivity index (χ4n) is 2.64. The summed E-state index contributed by atoms with van der Waals surface area (Å²) in [5.74, 6) is 0.999. The van der Waals surface area contributed by atoms with Crippen LogP contribution in [-0.4, -0.2) is 34.9 Å². The third-order valence-corrected chi connectivity index (χ3v) is 5.27. The zero-order valence-corrected chi connectivity index (χ0v) is 18.0. The molecule has 30 heavy (non-hydrogen) atoms. The number of nitrogens with zero attached hydrogens (tertiary/aromatic N) is 2. The first-order chi connectivity index (χ1) is 14.5. The van der Waals surface area contributed by atoms with Crippen LogP contribution in [0.25, 0.3) is 5.69 Å². The van der Waals surface area contributed by atoms with E-state index in [1.165, 1.54) is 17.9 Å². The predicted octanol–water partition coefficient (Wildman–Crippen LogP) is 4.02. The second kappa shape index (κ2) is 10.2. The Bertz CT molecular complexity index is 1090. The number of carbonyl (C=O) groups is 1. The van der Waals surface area contributed by atoms with Crippen LogP contribution in [-0.2, 0) is 4.79 Å². The van der Waals surface area contributed by atoms with Crippen molar-refractivity contribution < 1.29 is 14.3 Å². The first kappa shape index (κ1) is 21.7. The van der Waals surface area contributed by atoms with Gasteiger partial charge in [-0.15, -0.1) is 0 Å². The summed E-state index contributed by atoms with van der Waals surface area (Å²) in [6.07, 6.45) is 3.11. The van der Waals surface area contributed by atoms with Crippen molar-refractivity contribution in [3.63, 3.8) is 0 Å². The minimum Gasteiger partial charge on any atom is -0.495 e. The normalized spacial score (nSPS) is 10.5. The van der Waals surface area contributed by atoms with E-state index in [1.807, 2.05) is 6.92 Å². The molecule has 1 heterocycles. The Morgan fingerprint density at radius 2 is 2.00 bits per heavy atom. The van der Waals surface area contributed by atoms with Crippen molar-refractivity contribution in [3.05, 3.63) is 70.2 Å². The van der Waals surface area contributed by atoms with Gasteiger partial charge in [-0.2, -0.15) is 0 Å². The topological polar surface area (TPSA) is 82.5 Å².